The Labute approximate surface area is 69.8 Å². The minimum absolute atomic E-state index is 0.714. The molecular formula is C9H8N2O. The number of oxazole rings is 1. The Morgan fingerprint density at radius 1 is 1.25 bits per heavy atom. The van der Waals surface area contributed by atoms with Crippen molar-refractivity contribution in [2.75, 3.05) is 5.73 Å². The molecule has 0 unspecified atom stereocenters. The Bertz CT molecular complexity index is 368. The number of hydrogen-bond acceptors (Lipinski definition) is 3. The molecule has 2 N–H and O–H groups in total. The highest BCUT2D eigenvalue weighted by Gasteiger charge is 2.02. The van der Waals surface area contributed by atoms with Crippen LogP contribution in [0.4, 0.5) is 5.69 Å². The highest BCUT2D eigenvalue weighted by atomic mass is 16.3. The maximum Gasteiger partial charge on any atom is 0.181 e. The summed E-state index contributed by atoms with van der Waals surface area (Å²) in [5, 5.41) is 0. The first-order valence-electron chi connectivity index (χ1n) is 3.61. The van der Waals surface area contributed by atoms with Crippen LogP contribution in [0.25, 0.3) is 11.3 Å². The molecule has 0 spiro atoms. The second kappa shape index (κ2) is 2.70. The molecule has 60 valence electrons. The summed E-state index contributed by atoms with van der Waals surface area (Å²) in [6.07, 6.45) is 2.97. The van der Waals surface area contributed by atoms with Crippen molar-refractivity contribution in [3.63, 3.8) is 0 Å². The third-order valence-electron chi connectivity index (χ3n) is 1.67. The van der Waals surface area contributed by atoms with Crippen LogP contribution in [0.15, 0.2) is 41.3 Å². The van der Waals surface area contributed by atoms with Gasteiger partial charge in [-0.15, -0.1) is 0 Å². The number of nitrogens with two attached hydrogens (primary N) is 1. The van der Waals surface area contributed by atoms with Gasteiger partial charge in [-0.25, -0.2) is 4.98 Å². The van der Waals surface area contributed by atoms with Crippen molar-refractivity contribution in [3.05, 3.63) is 36.9 Å². The van der Waals surface area contributed by atoms with Gasteiger partial charge in [-0.1, -0.05) is 18.2 Å². The summed E-state index contributed by atoms with van der Waals surface area (Å²) < 4.78 is 4.86. The van der Waals surface area contributed by atoms with Crippen LogP contribution in [0.2, 0.25) is 0 Å². The average Bonchev–Trinajstić information content (AvgIpc) is 2.57. The molecule has 0 aliphatic carbocycles. The van der Waals surface area contributed by atoms with Gasteiger partial charge in [-0.3, -0.25) is 0 Å². The number of anilines is 1. The highest BCUT2D eigenvalue weighted by Crippen LogP contribution is 2.22. The van der Waals surface area contributed by atoms with E-state index >= 15 is 0 Å². The van der Waals surface area contributed by atoms with E-state index in [1.165, 1.54) is 6.39 Å². The largest absolute Gasteiger partial charge is 0.451 e. The average molecular weight is 160 g/mol. The smallest absolute Gasteiger partial charge is 0.181 e. The van der Waals surface area contributed by atoms with Gasteiger partial charge in [0.15, 0.2) is 6.39 Å². The van der Waals surface area contributed by atoms with Crippen LogP contribution >= 0.6 is 0 Å². The molecular weight excluding hydrogens is 152 g/mol. The van der Waals surface area contributed by atoms with Gasteiger partial charge in [0.05, 0.1) is 0 Å². The van der Waals surface area contributed by atoms with Crippen LogP contribution in [0.5, 0.6) is 0 Å². The van der Waals surface area contributed by atoms with Gasteiger partial charge in [0.25, 0.3) is 0 Å². The van der Waals surface area contributed by atoms with E-state index < -0.39 is 0 Å². The molecule has 3 nitrogen and oxygen atoms in total. The molecule has 1 heterocycles. The fourth-order valence-electron chi connectivity index (χ4n) is 1.08. The Morgan fingerprint density at radius 2 is 2.08 bits per heavy atom. The van der Waals surface area contributed by atoms with Crippen LogP contribution in [0.3, 0.4) is 0 Å². The van der Waals surface area contributed by atoms with E-state index in [0.29, 0.717) is 5.69 Å². The zero-order valence-electron chi connectivity index (χ0n) is 6.40. The summed E-state index contributed by atoms with van der Waals surface area (Å²) in [4.78, 5) is 4.00. The molecule has 0 amide bonds. The van der Waals surface area contributed by atoms with E-state index in [1.807, 2.05) is 24.3 Å². The molecule has 0 saturated heterocycles. The number of hydrogen-bond donors (Lipinski definition) is 1. The fourth-order valence-corrected chi connectivity index (χ4v) is 1.08. The minimum Gasteiger partial charge on any atom is -0.451 e. The van der Waals surface area contributed by atoms with E-state index in [-0.39, 0.29) is 0 Å². The predicted octanol–water partition coefficient (Wildman–Crippen LogP) is 1.92. The number of nitrogen functional groups attached to an aromatic ring is 1. The van der Waals surface area contributed by atoms with E-state index in [1.54, 1.807) is 6.26 Å². The molecule has 0 aliphatic rings. The maximum atomic E-state index is 5.73. The van der Waals surface area contributed by atoms with Gasteiger partial charge in [0, 0.05) is 11.3 Å². The molecule has 2 rings (SSSR count). The van der Waals surface area contributed by atoms with Crippen molar-refractivity contribution in [2.45, 2.75) is 0 Å². The topological polar surface area (TPSA) is 52.0 Å². The van der Waals surface area contributed by atoms with Crippen LogP contribution in [0.1, 0.15) is 0 Å². The van der Waals surface area contributed by atoms with Gasteiger partial charge >= 0.3 is 0 Å². The van der Waals surface area contributed by atoms with E-state index in [2.05, 4.69) is 4.98 Å². The molecule has 1 aromatic carbocycles. The number of rotatable bonds is 1. The lowest BCUT2D eigenvalue weighted by Crippen LogP contribution is -1.88. The molecule has 2 aromatic rings. The van der Waals surface area contributed by atoms with Crippen molar-refractivity contribution < 1.29 is 4.42 Å². The SMILES string of the molecule is Nc1ccccc1-c1cocn1. The van der Waals surface area contributed by atoms with Gasteiger partial charge in [-0.2, -0.15) is 0 Å². The molecule has 3 heteroatoms. The third kappa shape index (κ3) is 1.05. The zero-order chi connectivity index (χ0) is 8.39. The quantitative estimate of drug-likeness (QED) is 0.648. The summed E-state index contributed by atoms with van der Waals surface area (Å²) in [5.41, 5.74) is 8.12. The summed E-state index contributed by atoms with van der Waals surface area (Å²) in [6, 6.07) is 7.55. The zero-order valence-corrected chi connectivity index (χ0v) is 6.40. The van der Waals surface area contributed by atoms with Crippen LogP contribution < -0.4 is 5.73 Å². The maximum absolute atomic E-state index is 5.73. The lowest BCUT2D eigenvalue weighted by molar-refractivity contribution is 0.558. The summed E-state index contributed by atoms with van der Waals surface area (Å²) in [6.45, 7) is 0. The predicted molar refractivity (Wildman–Crippen MR) is 46.4 cm³/mol. The van der Waals surface area contributed by atoms with Gasteiger partial charge in [0.2, 0.25) is 0 Å². The van der Waals surface area contributed by atoms with E-state index in [9.17, 15) is 0 Å². The number of aromatic nitrogens is 1. The Hall–Kier alpha value is -1.77. The second-order valence-corrected chi connectivity index (χ2v) is 2.46. The van der Waals surface area contributed by atoms with Gasteiger partial charge < -0.3 is 10.2 Å². The first-order valence-corrected chi connectivity index (χ1v) is 3.61. The molecule has 12 heavy (non-hydrogen) atoms. The monoisotopic (exact) mass is 160 g/mol. The number of para-hydroxylation sites is 1. The third-order valence-corrected chi connectivity index (χ3v) is 1.67. The summed E-state index contributed by atoms with van der Waals surface area (Å²) in [7, 11) is 0. The number of nitrogens with zero attached hydrogens (tertiary/aromatic N) is 1. The highest BCUT2D eigenvalue weighted by molar-refractivity contribution is 5.72. The minimum atomic E-state index is 0.714. The van der Waals surface area contributed by atoms with Crippen LogP contribution in [-0.4, -0.2) is 4.98 Å². The fraction of sp³-hybridized carbons (Fsp3) is 0. The van der Waals surface area contributed by atoms with Crippen molar-refractivity contribution in [1.82, 2.24) is 4.98 Å². The first-order chi connectivity index (χ1) is 5.88. The van der Waals surface area contributed by atoms with Crippen molar-refractivity contribution in [3.8, 4) is 11.3 Å². The van der Waals surface area contributed by atoms with E-state index in [4.69, 9.17) is 10.2 Å². The molecule has 0 atom stereocenters. The standard InChI is InChI=1S/C9H8N2O/c10-8-4-2-1-3-7(8)9-5-12-6-11-9/h1-6H,10H2. The van der Waals surface area contributed by atoms with E-state index in [0.717, 1.165) is 11.3 Å². The molecule has 0 radical (unpaired) electrons. The van der Waals surface area contributed by atoms with Crippen LogP contribution in [0, 0.1) is 0 Å². The first kappa shape index (κ1) is 6.91. The van der Waals surface area contributed by atoms with Gasteiger partial charge in [0.1, 0.15) is 12.0 Å². The molecule has 0 fully saturated rings. The van der Waals surface area contributed by atoms with Crippen molar-refractivity contribution in [2.24, 2.45) is 0 Å². The number of benzene rings is 1. The summed E-state index contributed by atoms with van der Waals surface area (Å²) >= 11 is 0. The molecule has 0 saturated carbocycles. The molecule has 0 aliphatic heterocycles. The Morgan fingerprint density at radius 3 is 2.75 bits per heavy atom. The molecule has 0 bridgehead atoms. The normalized spacial score (nSPS) is 10.0. The lowest BCUT2D eigenvalue weighted by atomic mass is 10.1. The Balaban J connectivity index is 2.55. The van der Waals surface area contributed by atoms with Crippen molar-refractivity contribution in [1.29, 1.82) is 0 Å². The van der Waals surface area contributed by atoms with Crippen LogP contribution in [-0.2, 0) is 0 Å². The molecule has 1 aromatic heterocycles. The summed E-state index contributed by atoms with van der Waals surface area (Å²) in [5.74, 6) is 0. The lowest BCUT2D eigenvalue weighted by Gasteiger charge is -1.98. The second-order valence-electron chi connectivity index (χ2n) is 2.46. The van der Waals surface area contributed by atoms with Crippen molar-refractivity contribution >= 4 is 5.69 Å². The van der Waals surface area contributed by atoms with Gasteiger partial charge in [-0.05, 0) is 6.07 Å². The Kier molecular flexibility index (Phi) is 1.55.